The van der Waals surface area contributed by atoms with Gasteiger partial charge in [0.15, 0.2) is 0 Å². The second-order valence-electron chi connectivity index (χ2n) is 6.35. The number of nitrogens with one attached hydrogen (secondary N) is 1. The molecular weight excluding hydrogens is 326 g/mol. The molecule has 0 atom stereocenters. The highest BCUT2D eigenvalue weighted by Crippen LogP contribution is 2.14. The van der Waals surface area contributed by atoms with Crippen LogP contribution in [0.3, 0.4) is 0 Å². The van der Waals surface area contributed by atoms with Crippen molar-refractivity contribution in [2.24, 2.45) is 0 Å². The molecule has 0 spiro atoms. The monoisotopic (exact) mass is 353 g/mol. The van der Waals surface area contributed by atoms with Gasteiger partial charge in [-0.1, -0.05) is 69.0 Å². The highest BCUT2D eigenvalue weighted by Gasteiger charge is 2.09. The van der Waals surface area contributed by atoms with E-state index in [0.29, 0.717) is 17.7 Å². The summed E-state index contributed by atoms with van der Waals surface area (Å²) < 4.78 is 5.32. The van der Waals surface area contributed by atoms with Crippen LogP contribution in [0, 0.1) is 0 Å². The van der Waals surface area contributed by atoms with Crippen LogP contribution in [0.2, 0.25) is 0 Å². The van der Waals surface area contributed by atoms with Crippen molar-refractivity contribution in [2.45, 2.75) is 52.1 Å². The first-order valence-electron chi connectivity index (χ1n) is 9.30. The van der Waals surface area contributed by atoms with E-state index < -0.39 is 5.97 Å². The third-order valence-electron chi connectivity index (χ3n) is 4.10. The summed E-state index contributed by atoms with van der Waals surface area (Å²) in [5.41, 5.74) is 1.99. The third-order valence-corrected chi connectivity index (χ3v) is 4.10. The maximum atomic E-state index is 12.2. The molecular formula is C22H27NO3. The van der Waals surface area contributed by atoms with E-state index in [1.54, 1.807) is 24.3 Å². The molecule has 0 unspecified atom stereocenters. The van der Waals surface area contributed by atoms with Gasteiger partial charge in [0, 0.05) is 12.1 Å². The molecule has 0 heterocycles. The molecule has 138 valence electrons. The zero-order valence-electron chi connectivity index (χ0n) is 15.4. The minimum Gasteiger partial charge on any atom is -0.457 e. The van der Waals surface area contributed by atoms with Gasteiger partial charge in [-0.15, -0.1) is 0 Å². The van der Waals surface area contributed by atoms with E-state index >= 15 is 0 Å². The van der Waals surface area contributed by atoms with Gasteiger partial charge in [0.2, 0.25) is 5.91 Å². The first kappa shape index (κ1) is 19.7. The number of anilines is 1. The van der Waals surface area contributed by atoms with E-state index in [1.165, 1.54) is 19.3 Å². The quantitative estimate of drug-likeness (QED) is 0.463. The molecule has 0 bridgehead atoms. The molecule has 2 rings (SSSR count). The topological polar surface area (TPSA) is 55.4 Å². The van der Waals surface area contributed by atoms with Gasteiger partial charge in [0.05, 0.1) is 5.56 Å². The Bertz CT molecular complexity index is 698. The van der Waals surface area contributed by atoms with Gasteiger partial charge in [-0.05, 0) is 30.2 Å². The van der Waals surface area contributed by atoms with Crippen molar-refractivity contribution in [3.63, 3.8) is 0 Å². The van der Waals surface area contributed by atoms with Crippen LogP contribution in [0.5, 0.6) is 0 Å². The lowest BCUT2D eigenvalue weighted by molar-refractivity contribution is -0.116. The fourth-order valence-corrected chi connectivity index (χ4v) is 2.64. The SMILES string of the molecule is CCCCCCCC(=O)Nc1cccc(C(=O)OCc2ccccc2)c1. The molecule has 0 saturated heterocycles. The number of ether oxygens (including phenoxy) is 1. The van der Waals surface area contributed by atoms with Gasteiger partial charge in [-0.25, -0.2) is 4.79 Å². The van der Waals surface area contributed by atoms with Crippen LogP contribution >= 0.6 is 0 Å². The first-order valence-corrected chi connectivity index (χ1v) is 9.30. The van der Waals surface area contributed by atoms with E-state index in [0.717, 1.165) is 18.4 Å². The predicted molar refractivity (Wildman–Crippen MR) is 104 cm³/mol. The van der Waals surface area contributed by atoms with E-state index in [9.17, 15) is 9.59 Å². The molecule has 0 aromatic heterocycles. The minimum absolute atomic E-state index is 0.0173. The maximum absolute atomic E-state index is 12.2. The number of esters is 1. The summed E-state index contributed by atoms with van der Waals surface area (Å²) in [6.45, 7) is 2.40. The van der Waals surface area contributed by atoms with Gasteiger partial charge < -0.3 is 10.1 Å². The summed E-state index contributed by atoms with van der Waals surface area (Å²) in [5.74, 6) is -0.416. The van der Waals surface area contributed by atoms with Gasteiger partial charge in [0.25, 0.3) is 0 Å². The maximum Gasteiger partial charge on any atom is 0.338 e. The van der Waals surface area contributed by atoms with Gasteiger partial charge in [-0.2, -0.15) is 0 Å². The number of amides is 1. The number of unbranched alkanes of at least 4 members (excludes halogenated alkanes) is 4. The Labute approximate surface area is 155 Å². The minimum atomic E-state index is -0.399. The molecule has 0 fully saturated rings. The van der Waals surface area contributed by atoms with Crippen molar-refractivity contribution in [1.29, 1.82) is 0 Å². The van der Waals surface area contributed by atoms with E-state index in [4.69, 9.17) is 4.74 Å². The van der Waals surface area contributed by atoms with Crippen LogP contribution in [-0.2, 0) is 16.1 Å². The Morgan fingerprint density at radius 3 is 2.46 bits per heavy atom. The number of hydrogen-bond acceptors (Lipinski definition) is 3. The van der Waals surface area contributed by atoms with Gasteiger partial charge in [0.1, 0.15) is 6.61 Å². The molecule has 1 N–H and O–H groups in total. The zero-order chi connectivity index (χ0) is 18.6. The highest BCUT2D eigenvalue weighted by atomic mass is 16.5. The largest absolute Gasteiger partial charge is 0.457 e. The lowest BCUT2D eigenvalue weighted by Gasteiger charge is -2.08. The summed E-state index contributed by atoms with van der Waals surface area (Å²) in [4.78, 5) is 24.2. The Kier molecular flexibility index (Phi) is 8.40. The fourth-order valence-electron chi connectivity index (χ4n) is 2.64. The van der Waals surface area contributed by atoms with Crippen LogP contribution in [0.15, 0.2) is 54.6 Å². The highest BCUT2D eigenvalue weighted by molar-refractivity contribution is 5.94. The molecule has 2 aromatic rings. The normalized spacial score (nSPS) is 10.3. The second-order valence-corrected chi connectivity index (χ2v) is 6.35. The van der Waals surface area contributed by atoms with E-state index in [1.807, 2.05) is 30.3 Å². The summed E-state index contributed by atoms with van der Waals surface area (Å²) in [6, 6.07) is 16.4. The van der Waals surface area contributed by atoms with Crippen molar-refractivity contribution < 1.29 is 14.3 Å². The fraction of sp³-hybridized carbons (Fsp3) is 0.364. The average molecular weight is 353 g/mol. The molecule has 26 heavy (non-hydrogen) atoms. The zero-order valence-corrected chi connectivity index (χ0v) is 15.4. The Balaban J connectivity index is 1.81. The predicted octanol–water partition coefficient (Wildman–Crippen LogP) is 5.34. The molecule has 0 aliphatic heterocycles. The molecule has 0 radical (unpaired) electrons. The number of carbonyl (C=O) groups is 2. The Morgan fingerprint density at radius 1 is 0.923 bits per heavy atom. The Morgan fingerprint density at radius 2 is 1.69 bits per heavy atom. The van der Waals surface area contributed by atoms with Gasteiger partial charge in [-0.3, -0.25) is 4.79 Å². The van der Waals surface area contributed by atoms with Crippen LogP contribution in [0.4, 0.5) is 5.69 Å². The summed E-state index contributed by atoms with van der Waals surface area (Å²) >= 11 is 0. The van der Waals surface area contributed by atoms with Crippen molar-refractivity contribution in [2.75, 3.05) is 5.32 Å². The van der Waals surface area contributed by atoms with Crippen LogP contribution in [0.1, 0.15) is 61.4 Å². The van der Waals surface area contributed by atoms with Crippen molar-refractivity contribution in [3.05, 3.63) is 65.7 Å². The summed E-state index contributed by atoms with van der Waals surface area (Å²) in [6.07, 6.45) is 6.06. The Hall–Kier alpha value is -2.62. The van der Waals surface area contributed by atoms with Crippen LogP contribution < -0.4 is 5.32 Å². The molecule has 4 nitrogen and oxygen atoms in total. The number of benzene rings is 2. The number of carbonyl (C=O) groups excluding carboxylic acids is 2. The number of rotatable bonds is 10. The van der Waals surface area contributed by atoms with Gasteiger partial charge >= 0.3 is 5.97 Å². The lowest BCUT2D eigenvalue weighted by Crippen LogP contribution is -2.12. The van der Waals surface area contributed by atoms with Crippen LogP contribution in [0.25, 0.3) is 0 Å². The lowest BCUT2D eigenvalue weighted by atomic mass is 10.1. The third kappa shape index (κ3) is 7.09. The second kappa shape index (κ2) is 11.1. The van der Waals surface area contributed by atoms with E-state index in [2.05, 4.69) is 12.2 Å². The standard InChI is InChI=1S/C22H27NO3/c1-2-3-4-5-9-15-21(24)23-20-14-10-13-19(16-20)22(25)26-17-18-11-7-6-8-12-18/h6-8,10-14,16H,2-5,9,15,17H2,1H3,(H,23,24). The number of hydrogen-bond donors (Lipinski definition) is 1. The molecule has 2 aromatic carbocycles. The summed E-state index contributed by atoms with van der Waals surface area (Å²) in [5, 5.41) is 2.86. The van der Waals surface area contributed by atoms with Crippen molar-refractivity contribution in [1.82, 2.24) is 0 Å². The van der Waals surface area contributed by atoms with Crippen molar-refractivity contribution >= 4 is 17.6 Å². The van der Waals surface area contributed by atoms with Crippen molar-refractivity contribution in [3.8, 4) is 0 Å². The molecule has 4 heteroatoms. The average Bonchev–Trinajstić information content (AvgIpc) is 2.67. The smallest absolute Gasteiger partial charge is 0.338 e. The molecule has 0 aliphatic rings. The molecule has 1 amide bonds. The first-order chi connectivity index (χ1) is 12.7. The molecule has 0 saturated carbocycles. The van der Waals surface area contributed by atoms with E-state index in [-0.39, 0.29) is 12.5 Å². The summed E-state index contributed by atoms with van der Waals surface area (Å²) in [7, 11) is 0. The van der Waals surface area contributed by atoms with Crippen LogP contribution in [-0.4, -0.2) is 11.9 Å². The molecule has 0 aliphatic carbocycles.